The lowest BCUT2D eigenvalue weighted by atomic mass is 9.86. The van der Waals surface area contributed by atoms with Crippen LogP contribution in [0, 0.1) is 30.0 Å². The van der Waals surface area contributed by atoms with Crippen LogP contribution in [0.5, 0.6) is 0 Å². The van der Waals surface area contributed by atoms with Crippen molar-refractivity contribution in [3.63, 3.8) is 0 Å². The summed E-state index contributed by atoms with van der Waals surface area (Å²) >= 11 is 0. The second-order valence-electron chi connectivity index (χ2n) is 8.69. The molecule has 1 aliphatic carbocycles. The van der Waals surface area contributed by atoms with E-state index >= 15 is 0 Å². The summed E-state index contributed by atoms with van der Waals surface area (Å²) in [6.07, 6.45) is 7.54. The molecule has 3 aromatic rings. The Hall–Kier alpha value is -3.72. The average molecular weight is 444 g/mol. The number of carbonyl (C=O) groups excluding carboxylic acids is 2. The largest absolute Gasteiger partial charge is 0.348 e. The fraction of sp³-hybridized carbons (Fsp3) is 0.296. The lowest BCUT2D eigenvalue weighted by Crippen LogP contribution is -2.41. The first-order valence-corrected chi connectivity index (χ1v) is 11.2. The molecule has 0 saturated heterocycles. The Morgan fingerprint density at radius 1 is 1.15 bits per heavy atom. The first-order valence-electron chi connectivity index (χ1n) is 11.2. The number of hydrogen-bond donors (Lipinski definition) is 1. The number of nitrogens with zero attached hydrogens (tertiary/aromatic N) is 2. The number of hydrogen-bond acceptors (Lipinski definition) is 3. The predicted molar refractivity (Wildman–Crippen MR) is 125 cm³/mol. The third-order valence-corrected chi connectivity index (χ3v) is 6.54. The van der Waals surface area contributed by atoms with E-state index < -0.39 is 11.7 Å². The molecule has 6 heteroatoms. The van der Waals surface area contributed by atoms with E-state index in [1.807, 2.05) is 24.3 Å². The fourth-order valence-electron chi connectivity index (χ4n) is 4.63. The summed E-state index contributed by atoms with van der Waals surface area (Å²) in [7, 11) is 0. The fourth-order valence-corrected chi connectivity index (χ4v) is 4.63. The van der Waals surface area contributed by atoms with Crippen LogP contribution in [0.15, 0.2) is 54.2 Å². The highest BCUT2D eigenvalue weighted by Gasteiger charge is 2.25. The van der Waals surface area contributed by atoms with Gasteiger partial charge in [-0.25, -0.2) is 4.39 Å². The van der Waals surface area contributed by atoms with Gasteiger partial charge in [0, 0.05) is 23.4 Å². The van der Waals surface area contributed by atoms with Crippen molar-refractivity contribution < 1.29 is 14.0 Å². The summed E-state index contributed by atoms with van der Waals surface area (Å²) in [5.41, 5.74) is 2.80. The van der Waals surface area contributed by atoms with Crippen molar-refractivity contribution in [3.8, 4) is 6.07 Å². The molecule has 2 unspecified atom stereocenters. The molecule has 2 heterocycles. The summed E-state index contributed by atoms with van der Waals surface area (Å²) in [5, 5.41) is 12.8. The number of amides is 1. The predicted octanol–water partition coefficient (Wildman–Crippen LogP) is 5.22. The molecule has 0 bridgehead atoms. The van der Waals surface area contributed by atoms with Crippen molar-refractivity contribution in [1.82, 2.24) is 9.72 Å². The molecule has 1 fully saturated rings. The van der Waals surface area contributed by atoms with Crippen LogP contribution in [0.25, 0.3) is 11.6 Å². The second-order valence-corrected chi connectivity index (χ2v) is 8.69. The van der Waals surface area contributed by atoms with Crippen LogP contribution in [-0.2, 0) is 4.79 Å². The highest BCUT2D eigenvalue weighted by molar-refractivity contribution is 6.11. The number of ketones is 1. The quantitative estimate of drug-likeness (QED) is 0.334. The smallest absolute Gasteiger partial charge is 0.262 e. The Kier molecular flexibility index (Phi) is 6.41. The third kappa shape index (κ3) is 4.45. The molecule has 0 spiro atoms. The zero-order valence-electron chi connectivity index (χ0n) is 18.8. The molecule has 5 nitrogen and oxygen atoms in total. The van der Waals surface area contributed by atoms with Crippen molar-refractivity contribution in [2.45, 2.75) is 45.6 Å². The number of pyridine rings is 1. The summed E-state index contributed by atoms with van der Waals surface area (Å²) < 4.78 is 15.1. The molecular formula is C27H26FN3O2. The van der Waals surface area contributed by atoms with Gasteiger partial charge in [0.15, 0.2) is 0 Å². The van der Waals surface area contributed by atoms with E-state index in [1.165, 1.54) is 24.3 Å². The number of carbonyl (C=O) groups is 2. The average Bonchev–Trinajstić information content (AvgIpc) is 3.09. The first-order chi connectivity index (χ1) is 15.9. The maximum atomic E-state index is 13.3. The number of rotatable bonds is 5. The summed E-state index contributed by atoms with van der Waals surface area (Å²) in [6, 6.07) is 13.0. The third-order valence-electron chi connectivity index (χ3n) is 6.54. The summed E-state index contributed by atoms with van der Waals surface area (Å²) in [5.74, 6) is -0.687. The Bertz CT molecular complexity index is 1280. The minimum Gasteiger partial charge on any atom is -0.348 e. The van der Waals surface area contributed by atoms with Gasteiger partial charge in [0.25, 0.3) is 5.91 Å². The number of nitriles is 1. The molecule has 1 saturated carbocycles. The number of aromatic nitrogens is 1. The van der Waals surface area contributed by atoms with Gasteiger partial charge in [-0.1, -0.05) is 25.8 Å². The normalized spacial score (nSPS) is 18.7. The molecule has 0 aliphatic heterocycles. The Morgan fingerprint density at radius 3 is 2.58 bits per heavy atom. The maximum Gasteiger partial charge on any atom is 0.262 e. The van der Waals surface area contributed by atoms with Gasteiger partial charge in [0.05, 0.1) is 11.2 Å². The molecule has 2 atom stereocenters. The molecule has 1 amide bonds. The maximum absolute atomic E-state index is 13.3. The zero-order chi connectivity index (χ0) is 23.5. The van der Waals surface area contributed by atoms with E-state index in [4.69, 9.17) is 0 Å². The van der Waals surface area contributed by atoms with Crippen LogP contribution in [0.3, 0.4) is 0 Å². The molecule has 4 rings (SSSR count). The van der Waals surface area contributed by atoms with Crippen LogP contribution < -0.4 is 5.32 Å². The van der Waals surface area contributed by atoms with Crippen LogP contribution >= 0.6 is 0 Å². The van der Waals surface area contributed by atoms with Gasteiger partial charge < -0.3 is 9.72 Å². The lowest BCUT2D eigenvalue weighted by Gasteiger charge is -2.29. The van der Waals surface area contributed by atoms with Crippen molar-refractivity contribution in [2.75, 3.05) is 0 Å². The highest BCUT2D eigenvalue weighted by Crippen LogP contribution is 2.28. The topological polar surface area (TPSA) is 74.4 Å². The summed E-state index contributed by atoms with van der Waals surface area (Å²) in [4.78, 5) is 26.2. The van der Waals surface area contributed by atoms with Gasteiger partial charge >= 0.3 is 0 Å². The van der Waals surface area contributed by atoms with Gasteiger partial charge in [0.2, 0.25) is 5.78 Å². The van der Waals surface area contributed by atoms with Gasteiger partial charge in [-0.15, -0.1) is 0 Å². The number of benzene rings is 1. The van der Waals surface area contributed by atoms with Gasteiger partial charge in [-0.2, -0.15) is 5.26 Å². The van der Waals surface area contributed by atoms with E-state index in [0.717, 1.165) is 25.7 Å². The van der Waals surface area contributed by atoms with Crippen LogP contribution in [0.4, 0.5) is 4.39 Å². The number of halogens is 1. The van der Waals surface area contributed by atoms with E-state index in [-0.39, 0.29) is 17.4 Å². The van der Waals surface area contributed by atoms with Crippen LogP contribution in [-0.4, -0.2) is 22.1 Å². The van der Waals surface area contributed by atoms with Crippen molar-refractivity contribution in [3.05, 3.63) is 82.4 Å². The monoisotopic (exact) mass is 443 g/mol. The van der Waals surface area contributed by atoms with Crippen LogP contribution in [0.2, 0.25) is 0 Å². The second kappa shape index (κ2) is 9.41. The van der Waals surface area contributed by atoms with E-state index in [9.17, 15) is 19.2 Å². The molecule has 1 aromatic carbocycles. The van der Waals surface area contributed by atoms with Crippen molar-refractivity contribution >= 4 is 23.3 Å². The zero-order valence-corrected chi connectivity index (χ0v) is 18.8. The first kappa shape index (κ1) is 22.5. The Labute approximate surface area is 192 Å². The van der Waals surface area contributed by atoms with Gasteiger partial charge in [-0.05, 0) is 73.7 Å². The van der Waals surface area contributed by atoms with E-state index in [0.29, 0.717) is 33.8 Å². The SMILES string of the molecule is Cc1c(C=C(C#N)C(=O)NC2CCCCC2C)c2ccccn2c1C(=O)c1ccc(F)cc1. The van der Waals surface area contributed by atoms with Crippen LogP contribution in [0.1, 0.15) is 59.8 Å². The molecule has 168 valence electrons. The molecular weight excluding hydrogens is 417 g/mol. The molecule has 33 heavy (non-hydrogen) atoms. The van der Waals surface area contributed by atoms with Crippen molar-refractivity contribution in [2.24, 2.45) is 5.92 Å². The summed E-state index contributed by atoms with van der Waals surface area (Å²) in [6.45, 7) is 3.92. The standard InChI is InChI=1S/C27H26FN3O2/c1-17-7-3-4-8-23(17)30-27(33)20(16-29)15-22-18(2)25(31-14-6-5-9-24(22)31)26(32)19-10-12-21(28)13-11-19/h5-6,9-15,17,23H,3-4,7-8H2,1-2H3,(H,30,33). The lowest BCUT2D eigenvalue weighted by molar-refractivity contribution is -0.118. The molecule has 0 radical (unpaired) electrons. The van der Waals surface area contributed by atoms with Gasteiger partial charge in [0.1, 0.15) is 17.5 Å². The molecule has 2 aromatic heterocycles. The molecule has 1 N–H and O–H groups in total. The minimum absolute atomic E-state index is 0.00741. The Morgan fingerprint density at radius 2 is 1.88 bits per heavy atom. The number of fused-ring (bicyclic) bond motifs is 1. The van der Waals surface area contributed by atoms with E-state index in [1.54, 1.807) is 23.6 Å². The van der Waals surface area contributed by atoms with Crippen molar-refractivity contribution in [1.29, 1.82) is 5.26 Å². The number of nitrogens with one attached hydrogen (secondary N) is 1. The highest BCUT2D eigenvalue weighted by atomic mass is 19.1. The van der Waals surface area contributed by atoms with Gasteiger partial charge in [-0.3, -0.25) is 9.59 Å². The Balaban J connectivity index is 1.74. The van der Waals surface area contributed by atoms with E-state index in [2.05, 4.69) is 12.2 Å². The molecule has 1 aliphatic rings. The minimum atomic E-state index is -0.413.